The van der Waals surface area contributed by atoms with E-state index in [-0.39, 0.29) is 12.3 Å². The number of benzene rings is 2. The lowest BCUT2D eigenvalue weighted by Crippen LogP contribution is -2.32. The van der Waals surface area contributed by atoms with Gasteiger partial charge in [0.1, 0.15) is 6.61 Å². The van der Waals surface area contributed by atoms with Crippen LogP contribution in [0.25, 0.3) is 0 Å². The highest BCUT2D eigenvalue weighted by Crippen LogP contribution is 2.28. The molecule has 0 spiro atoms. The quantitative estimate of drug-likeness (QED) is 0.423. The molecular weight excluding hydrogens is 350 g/mol. The van der Waals surface area contributed by atoms with E-state index in [0.29, 0.717) is 24.7 Å². The van der Waals surface area contributed by atoms with Crippen LogP contribution in [0.15, 0.2) is 47.6 Å². The Morgan fingerprint density at radius 2 is 1.93 bits per heavy atom. The van der Waals surface area contributed by atoms with Crippen molar-refractivity contribution in [1.29, 1.82) is 0 Å². The SMILES string of the molecule is COc1ccc(/C=N\N2CCOCC2)cc1OCc1ccc([N+](=O)[O-])cc1. The third kappa shape index (κ3) is 5.18. The van der Waals surface area contributed by atoms with Crippen LogP contribution in [0, 0.1) is 10.1 Å². The van der Waals surface area contributed by atoms with Crippen molar-refractivity contribution in [2.24, 2.45) is 5.10 Å². The molecule has 0 saturated carbocycles. The van der Waals surface area contributed by atoms with Crippen LogP contribution in [0.1, 0.15) is 11.1 Å². The maximum absolute atomic E-state index is 10.7. The minimum atomic E-state index is -0.426. The molecule has 1 aliphatic rings. The number of hydrogen-bond donors (Lipinski definition) is 0. The third-order valence-corrected chi connectivity index (χ3v) is 4.09. The molecule has 8 heteroatoms. The maximum Gasteiger partial charge on any atom is 0.269 e. The largest absolute Gasteiger partial charge is 0.493 e. The monoisotopic (exact) mass is 371 g/mol. The zero-order valence-electron chi connectivity index (χ0n) is 15.0. The number of nitro benzene ring substituents is 1. The summed E-state index contributed by atoms with van der Waals surface area (Å²) in [6.07, 6.45) is 1.78. The Morgan fingerprint density at radius 3 is 2.59 bits per heavy atom. The van der Waals surface area contributed by atoms with E-state index >= 15 is 0 Å². The van der Waals surface area contributed by atoms with Crippen molar-refractivity contribution in [3.63, 3.8) is 0 Å². The number of morpholine rings is 1. The number of nitro groups is 1. The molecule has 0 aliphatic carbocycles. The summed E-state index contributed by atoms with van der Waals surface area (Å²) in [6, 6.07) is 11.9. The second-order valence-electron chi connectivity index (χ2n) is 5.93. The highest BCUT2D eigenvalue weighted by molar-refractivity contribution is 5.80. The number of ether oxygens (including phenoxy) is 3. The van der Waals surface area contributed by atoms with Crippen LogP contribution < -0.4 is 9.47 Å². The van der Waals surface area contributed by atoms with Gasteiger partial charge in [-0.3, -0.25) is 15.1 Å². The van der Waals surface area contributed by atoms with Gasteiger partial charge in [0.25, 0.3) is 5.69 Å². The molecule has 27 heavy (non-hydrogen) atoms. The Kier molecular flexibility index (Phi) is 6.22. The van der Waals surface area contributed by atoms with Gasteiger partial charge in [0.2, 0.25) is 0 Å². The van der Waals surface area contributed by atoms with Gasteiger partial charge in [-0.1, -0.05) is 0 Å². The molecule has 0 radical (unpaired) electrons. The van der Waals surface area contributed by atoms with Gasteiger partial charge in [-0.25, -0.2) is 0 Å². The van der Waals surface area contributed by atoms with Gasteiger partial charge in [0.15, 0.2) is 11.5 Å². The Labute approximate surface area is 157 Å². The molecule has 2 aromatic carbocycles. The summed E-state index contributed by atoms with van der Waals surface area (Å²) >= 11 is 0. The van der Waals surface area contributed by atoms with E-state index in [1.807, 2.05) is 23.2 Å². The first-order chi connectivity index (χ1) is 13.2. The number of rotatable bonds is 7. The minimum absolute atomic E-state index is 0.0534. The Bertz CT molecular complexity index is 801. The summed E-state index contributed by atoms with van der Waals surface area (Å²) in [4.78, 5) is 10.3. The van der Waals surface area contributed by atoms with Crippen molar-refractivity contribution in [2.75, 3.05) is 33.4 Å². The van der Waals surface area contributed by atoms with Gasteiger partial charge in [0, 0.05) is 12.1 Å². The first kappa shape index (κ1) is 18.7. The van der Waals surface area contributed by atoms with Crippen molar-refractivity contribution in [1.82, 2.24) is 5.01 Å². The van der Waals surface area contributed by atoms with Crippen LogP contribution in [0.3, 0.4) is 0 Å². The minimum Gasteiger partial charge on any atom is -0.493 e. The lowest BCUT2D eigenvalue weighted by molar-refractivity contribution is -0.384. The molecule has 0 atom stereocenters. The van der Waals surface area contributed by atoms with Gasteiger partial charge in [-0.15, -0.1) is 0 Å². The van der Waals surface area contributed by atoms with Gasteiger partial charge in [-0.2, -0.15) is 5.10 Å². The number of hydrazone groups is 1. The van der Waals surface area contributed by atoms with Crippen molar-refractivity contribution < 1.29 is 19.1 Å². The average Bonchev–Trinajstić information content (AvgIpc) is 2.71. The summed E-state index contributed by atoms with van der Waals surface area (Å²) in [5.41, 5.74) is 1.77. The molecule has 0 bridgehead atoms. The molecular formula is C19H21N3O5. The lowest BCUT2D eigenvalue weighted by Gasteiger charge is -2.23. The number of methoxy groups -OCH3 is 1. The fourth-order valence-electron chi connectivity index (χ4n) is 2.58. The fourth-order valence-corrected chi connectivity index (χ4v) is 2.58. The molecule has 142 valence electrons. The van der Waals surface area contributed by atoms with Crippen LogP contribution in [-0.2, 0) is 11.3 Å². The second kappa shape index (κ2) is 9.00. The summed E-state index contributed by atoms with van der Waals surface area (Å²) < 4.78 is 16.5. The molecule has 8 nitrogen and oxygen atoms in total. The van der Waals surface area contributed by atoms with E-state index < -0.39 is 4.92 Å². The van der Waals surface area contributed by atoms with Crippen molar-refractivity contribution in [2.45, 2.75) is 6.61 Å². The molecule has 3 rings (SSSR count). The second-order valence-corrected chi connectivity index (χ2v) is 5.93. The number of non-ortho nitro benzene ring substituents is 1. The lowest BCUT2D eigenvalue weighted by atomic mass is 10.2. The van der Waals surface area contributed by atoms with Crippen LogP contribution >= 0.6 is 0 Å². The molecule has 0 N–H and O–H groups in total. The molecule has 1 fully saturated rings. The normalized spacial score (nSPS) is 14.3. The third-order valence-electron chi connectivity index (χ3n) is 4.09. The Morgan fingerprint density at radius 1 is 1.19 bits per heavy atom. The van der Waals surface area contributed by atoms with Crippen LogP contribution in [0.4, 0.5) is 5.69 Å². The van der Waals surface area contributed by atoms with Crippen molar-refractivity contribution in [3.05, 3.63) is 63.7 Å². The standard InChI is InChI=1S/C19H21N3O5/c1-25-18-7-4-16(13-20-21-8-10-26-11-9-21)12-19(18)27-14-15-2-5-17(6-3-15)22(23)24/h2-7,12-13H,8-11,14H2,1H3/b20-13-. The van der Waals surface area contributed by atoms with E-state index in [0.717, 1.165) is 24.2 Å². The van der Waals surface area contributed by atoms with E-state index in [1.165, 1.54) is 12.1 Å². The van der Waals surface area contributed by atoms with Gasteiger partial charge >= 0.3 is 0 Å². The maximum atomic E-state index is 10.7. The van der Waals surface area contributed by atoms with Gasteiger partial charge in [-0.05, 0) is 41.5 Å². The summed E-state index contributed by atoms with van der Waals surface area (Å²) in [6.45, 7) is 3.19. The molecule has 1 saturated heterocycles. The number of hydrogen-bond acceptors (Lipinski definition) is 7. The highest BCUT2D eigenvalue weighted by atomic mass is 16.6. The zero-order chi connectivity index (χ0) is 19.1. The Balaban J connectivity index is 1.67. The smallest absolute Gasteiger partial charge is 0.269 e. The summed E-state index contributed by atoms with van der Waals surface area (Å²) in [5, 5.41) is 17.1. The van der Waals surface area contributed by atoms with E-state index in [9.17, 15) is 10.1 Å². The first-order valence-electron chi connectivity index (χ1n) is 8.56. The van der Waals surface area contributed by atoms with Gasteiger partial charge < -0.3 is 14.2 Å². The molecule has 0 unspecified atom stereocenters. The molecule has 1 aliphatic heterocycles. The molecule has 0 amide bonds. The number of nitrogens with zero attached hydrogens (tertiary/aromatic N) is 3. The summed E-state index contributed by atoms with van der Waals surface area (Å²) in [7, 11) is 1.58. The average molecular weight is 371 g/mol. The van der Waals surface area contributed by atoms with Crippen molar-refractivity contribution >= 4 is 11.9 Å². The summed E-state index contributed by atoms with van der Waals surface area (Å²) in [5.74, 6) is 1.20. The topological polar surface area (TPSA) is 86.4 Å². The van der Waals surface area contributed by atoms with E-state index in [4.69, 9.17) is 14.2 Å². The van der Waals surface area contributed by atoms with Gasteiger partial charge in [0.05, 0.1) is 44.6 Å². The predicted molar refractivity (Wildman–Crippen MR) is 100 cm³/mol. The predicted octanol–water partition coefficient (Wildman–Crippen LogP) is 2.85. The van der Waals surface area contributed by atoms with Crippen LogP contribution in [0.5, 0.6) is 11.5 Å². The van der Waals surface area contributed by atoms with Crippen LogP contribution in [0.2, 0.25) is 0 Å². The van der Waals surface area contributed by atoms with E-state index in [1.54, 1.807) is 25.5 Å². The van der Waals surface area contributed by atoms with E-state index in [2.05, 4.69) is 5.10 Å². The first-order valence-corrected chi connectivity index (χ1v) is 8.56. The molecule has 1 heterocycles. The highest BCUT2D eigenvalue weighted by Gasteiger charge is 2.09. The Hall–Kier alpha value is -3.13. The molecule has 2 aromatic rings. The van der Waals surface area contributed by atoms with Crippen LogP contribution in [-0.4, -0.2) is 49.6 Å². The molecule has 0 aromatic heterocycles. The van der Waals surface area contributed by atoms with Crippen molar-refractivity contribution in [3.8, 4) is 11.5 Å². The fraction of sp³-hybridized carbons (Fsp3) is 0.316. The zero-order valence-corrected chi connectivity index (χ0v) is 15.0.